The Hall–Kier alpha value is -2.02. The fourth-order valence-corrected chi connectivity index (χ4v) is 4.03. The topological polar surface area (TPSA) is 83.8 Å². The number of alkyl halides is 2. The van der Waals surface area contributed by atoms with E-state index in [2.05, 4.69) is 0 Å². The highest BCUT2D eigenvalue weighted by Crippen LogP contribution is 2.48. The third-order valence-electron chi connectivity index (χ3n) is 5.53. The first-order valence-electron chi connectivity index (χ1n) is 8.82. The van der Waals surface area contributed by atoms with Crippen LogP contribution in [0.15, 0.2) is 30.3 Å². The van der Waals surface area contributed by atoms with Crippen molar-refractivity contribution < 1.29 is 33.3 Å². The average molecular weight is 368 g/mol. The standard InChI is InChI=1S/C19H22F2O5/c20-18(21)9-8-14(11-18)19(25,13-4-2-1-3-5-13)17(24)26-15-7-6-12(10-15)16(22)23/h1-5,12,14-15,25H,6-11H2,(H,22,23)/t12-,14-,15-,19?/m1/s1. The highest BCUT2D eigenvalue weighted by molar-refractivity contribution is 5.82. The van der Waals surface area contributed by atoms with Gasteiger partial charge in [0.2, 0.25) is 5.92 Å². The molecule has 142 valence electrons. The first-order chi connectivity index (χ1) is 12.2. The predicted octanol–water partition coefficient (Wildman–Crippen LogP) is 3.11. The lowest BCUT2D eigenvalue weighted by Crippen LogP contribution is -2.45. The number of esters is 1. The quantitative estimate of drug-likeness (QED) is 0.781. The van der Waals surface area contributed by atoms with Crippen LogP contribution in [-0.4, -0.2) is 34.2 Å². The van der Waals surface area contributed by atoms with Gasteiger partial charge >= 0.3 is 11.9 Å². The molecule has 2 aliphatic rings. The van der Waals surface area contributed by atoms with Crippen molar-refractivity contribution in [2.75, 3.05) is 0 Å². The molecule has 0 amide bonds. The van der Waals surface area contributed by atoms with Crippen LogP contribution in [0.25, 0.3) is 0 Å². The molecule has 0 heterocycles. The van der Waals surface area contributed by atoms with Crippen LogP contribution in [0, 0.1) is 11.8 Å². The number of aliphatic hydroxyl groups is 1. The van der Waals surface area contributed by atoms with Crippen LogP contribution in [-0.2, 0) is 19.9 Å². The summed E-state index contributed by atoms with van der Waals surface area (Å²) in [6.45, 7) is 0. The van der Waals surface area contributed by atoms with Crippen LogP contribution in [0.5, 0.6) is 0 Å². The molecule has 0 saturated heterocycles. The van der Waals surface area contributed by atoms with Gasteiger partial charge in [0.25, 0.3) is 0 Å². The van der Waals surface area contributed by atoms with Crippen molar-refractivity contribution in [3.8, 4) is 0 Å². The molecule has 1 unspecified atom stereocenters. The Morgan fingerprint density at radius 3 is 2.38 bits per heavy atom. The number of hydrogen-bond donors (Lipinski definition) is 2. The van der Waals surface area contributed by atoms with Crippen molar-refractivity contribution in [1.29, 1.82) is 0 Å². The van der Waals surface area contributed by atoms with Crippen molar-refractivity contribution in [3.05, 3.63) is 35.9 Å². The summed E-state index contributed by atoms with van der Waals surface area (Å²) in [6, 6.07) is 7.99. The van der Waals surface area contributed by atoms with Crippen molar-refractivity contribution in [1.82, 2.24) is 0 Å². The molecule has 0 spiro atoms. The smallest absolute Gasteiger partial charge is 0.343 e. The van der Waals surface area contributed by atoms with Crippen LogP contribution in [0.3, 0.4) is 0 Å². The number of carboxylic acid groups (broad SMARTS) is 1. The molecule has 5 nitrogen and oxygen atoms in total. The zero-order valence-corrected chi connectivity index (χ0v) is 14.2. The molecule has 26 heavy (non-hydrogen) atoms. The molecule has 7 heteroatoms. The molecule has 1 aromatic carbocycles. The number of carbonyl (C=O) groups excluding carboxylic acids is 1. The van der Waals surface area contributed by atoms with E-state index in [9.17, 15) is 23.5 Å². The van der Waals surface area contributed by atoms with E-state index >= 15 is 0 Å². The summed E-state index contributed by atoms with van der Waals surface area (Å²) in [7, 11) is 0. The molecule has 2 saturated carbocycles. The molecular weight excluding hydrogens is 346 g/mol. The Balaban J connectivity index is 1.82. The second-order valence-corrected chi connectivity index (χ2v) is 7.30. The highest BCUT2D eigenvalue weighted by atomic mass is 19.3. The van der Waals surface area contributed by atoms with Crippen molar-refractivity contribution in [2.24, 2.45) is 11.8 Å². The third-order valence-corrected chi connectivity index (χ3v) is 5.53. The van der Waals surface area contributed by atoms with E-state index in [0.29, 0.717) is 12.8 Å². The Morgan fingerprint density at radius 1 is 1.15 bits per heavy atom. The molecule has 4 atom stereocenters. The lowest BCUT2D eigenvalue weighted by atomic mass is 9.80. The molecule has 0 bridgehead atoms. The lowest BCUT2D eigenvalue weighted by molar-refractivity contribution is -0.180. The SMILES string of the molecule is O=C(O)[C@@H]1CC[C@@H](OC(=O)C(O)(c2ccccc2)[C@@H]2CCC(F)(F)C2)C1. The Labute approximate surface area is 150 Å². The van der Waals surface area contributed by atoms with E-state index in [-0.39, 0.29) is 24.8 Å². The monoisotopic (exact) mass is 368 g/mol. The minimum absolute atomic E-state index is 0.00983. The lowest BCUT2D eigenvalue weighted by Gasteiger charge is -2.33. The number of carboxylic acids is 1. The van der Waals surface area contributed by atoms with Gasteiger partial charge in [0, 0.05) is 18.8 Å². The van der Waals surface area contributed by atoms with Gasteiger partial charge in [0.15, 0.2) is 5.60 Å². The van der Waals surface area contributed by atoms with Crippen molar-refractivity contribution in [3.63, 3.8) is 0 Å². The largest absolute Gasteiger partial charge is 0.481 e. The summed E-state index contributed by atoms with van der Waals surface area (Å²) in [5, 5.41) is 20.3. The molecular formula is C19H22F2O5. The van der Waals surface area contributed by atoms with E-state index in [0.717, 1.165) is 0 Å². The summed E-state index contributed by atoms with van der Waals surface area (Å²) >= 11 is 0. The van der Waals surface area contributed by atoms with Crippen molar-refractivity contribution >= 4 is 11.9 Å². The van der Waals surface area contributed by atoms with E-state index in [1.165, 1.54) is 12.1 Å². The number of ether oxygens (including phenoxy) is 1. The van der Waals surface area contributed by atoms with Gasteiger partial charge in [-0.2, -0.15) is 0 Å². The van der Waals surface area contributed by atoms with Crippen LogP contribution >= 0.6 is 0 Å². The molecule has 3 rings (SSSR count). The average Bonchev–Trinajstić information content (AvgIpc) is 3.21. The van der Waals surface area contributed by atoms with Gasteiger partial charge in [-0.25, -0.2) is 13.6 Å². The van der Waals surface area contributed by atoms with Gasteiger partial charge in [0.05, 0.1) is 5.92 Å². The fraction of sp³-hybridized carbons (Fsp3) is 0.579. The highest BCUT2D eigenvalue weighted by Gasteiger charge is 2.55. The molecule has 0 aromatic heterocycles. The third kappa shape index (κ3) is 3.58. The molecule has 1 aromatic rings. The van der Waals surface area contributed by atoms with Crippen LogP contribution in [0.1, 0.15) is 44.1 Å². The summed E-state index contributed by atoms with van der Waals surface area (Å²) in [5.74, 6) is -6.38. The Bertz CT molecular complexity index is 678. The molecule has 2 N–H and O–H groups in total. The summed E-state index contributed by atoms with van der Waals surface area (Å²) in [5.41, 5.74) is -1.94. The summed E-state index contributed by atoms with van der Waals surface area (Å²) < 4.78 is 32.8. The number of carbonyl (C=O) groups is 2. The Kier molecular flexibility index (Phi) is 5.01. The number of rotatable bonds is 5. The maximum Gasteiger partial charge on any atom is 0.343 e. The first-order valence-corrected chi connectivity index (χ1v) is 8.82. The number of benzene rings is 1. The molecule has 2 fully saturated rings. The van der Waals surface area contributed by atoms with Gasteiger partial charge in [-0.15, -0.1) is 0 Å². The maximum absolute atomic E-state index is 13.7. The summed E-state index contributed by atoms with van der Waals surface area (Å²) in [4.78, 5) is 23.9. The van der Waals surface area contributed by atoms with E-state index in [1.807, 2.05) is 0 Å². The van der Waals surface area contributed by atoms with Gasteiger partial charge in [0.1, 0.15) is 6.10 Å². The van der Waals surface area contributed by atoms with E-state index in [4.69, 9.17) is 9.84 Å². The maximum atomic E-state index is 13.7. The summed E-state index contributed by atoms with van der Waals surface area (Å²) in [6.07, 6.45) is -0.642. The van der Waals surface area contributed by atoms with Gasteiger partial charge in [-0.05, 0) is 31.2 Å². The van der Waals surface area contributed by atoms with Gasteiger partial charge in [-0.3, -0.25) is 4.79 Å². The first kappa shape index (κ1) is 18.8. The normalized spacial score (nSPS) is 29.9. The predicted molar refractivity (Wildman–Crippen MR) is 87.5 cm³/mol. The minimum atomic E-state index is -2.92. The van der Waals surface area contributed by atoms with Gasteiger partial charge in [-0.1, -0.05) is 30.3 Å². The number of halogens is 2. The zero-order chi connectivity index (χ0) is 18.9. The van der Waals surface area contributed by atoms with Crippen LogP contribution in [0.2, 0.25) is 0 Å². The molecule has 0 aliphatic heterocycles. The van der Waals surface area contributed by atoms with E-state index < -0.39 is 47.8 Å². The van der Waals surface area contributed by atoms with E-state index in [1.54, 1.807) is 18.2 Å². The van der Waals surface area contributed by atoms with Gasteiger partial charge < -0.3 is 14.9 Å². The number of hydrogen-bond acceptors (Lipinski definition) is 4. The Morgan fingerprint density at radius 2 is 1.85 bits per heavy atom. The fourth-order valence-electron chi connectivity index (χ4n) is 4.03. The zero-order valence-electron chi connectivity index (χ0n) is 14.2. The molecule has 2 aliphatic carbocycles. The molecule has 0 radical (unpaired) electrons. The second kappa shape index (κ2) is 6.95. The van der Waals surface area contributed by atoms with Crippen LogP contribution in [0.4, 0.5) is 8.78 Å². The number of aliphatic carboxylic acids is 1. The van der Waals surface area contributed by atoms with Crippen LogP contribution < -0.4 is 0 Å². The minimum Gasteiger partial charge on any atom is -0.481 e. The van der Waals surface area contributed by atoms with Crippen molar-refractivity contribution in [2.45, 2.75) is 56.2 Å². The second-order valence-electron chi connectivity index (χ2n) is 7.30.